The summed E-state index contributed by atoms with van der Waals surface area (Å²) >= 11 is 0. The molecule has 142 valence electrons. The highest BCUT2D eigenvalue weighted by Gasteiger charge is 2.60. The normalized spacial score (nSPS) is 43.7. The molecule has 1 spiro atoms. The van der Waals surface area contributed by atoms with Crippen molar-refractivity contribution in [1.82, 2.24) is 0 Å². The third-order valence-electron chi connectivity index (χ3n) is 8.93. The van der Waals surface area contributed by atoms with Crippen LogP contribution in [0.3, 0.4) is 0 Å². The smallest absolute Gasteiger partial charge is 0.172 e. The molecule has 3 nitrogen and oxygen atoms in total. The van der Waals surface area contributed by atoms with Gasteiger partial charge in [-0.2, -0.15) is 0 Å². The highest BCUT2D eigenvalue weighted by Crippen LogP contribution is 2.66. The van der Waals surface area contributed by atoms with Gasteiger partial charge in [-0.3, -0.25) is 0 Å². The Labute approximate surface area is 157 Å². The average molecular weight is 357 g/mol. The molecule has 2 fully saturated rings. The summed E-state index contributed by atoms with van der Waals surface area (Å²) in [6, 6.07) is 0. The first-order chi connectivity index (χ1) is 12.6. The van der Waals surface area contributed by atoms with Crippen molar-refractivity contribution in [1.29, 1.82) is 0 Å². The van der Waals surface area contributed by atoms with Crippen molar-refractivity contribution in [2.75, 3.05) is 13.2 Å². The second kappa shape index (κ2) is 5.78. The second-order valence-corrected chi connectivity index (χ2v) is 9.57. The van der Waals surface area contributed by atoms with Gasteiger partial charge < -0.3 is 14.3 Å². The molecule has 5 rings (SSSR count). The standard InChI is InChI=1S/C23H32O3/c1-3-22(15-24)10-8-20-19-5-4-16-14-23(25-12-13-26-23)11-7-17(16)18(19)6-9-21(20,22)2/h6,15,19-20H,3-5,7-14H2,1-2H3/t19-,20+,21+,22+/m1/s1. The van der Waals surface area contributed by atoms with Crippen LogP contribution < -0.4 is 0 Å². The minimum atomic E-state index is -0.308. The van der Waals surface area contributed by atoms with E-state index < -0.39 is 0 Å². The van der Waals surface area contributed by atoms with Crippen molar-refractivity contribution < 1.29 is 14.3 Å². The van der Waals surface area contributed by atoms with E-state index in [4.69, 9.17) is 9.47 Å². The number of carbonyl (C=O) groups excluding carboxylic acids is 1. The van der Waals surface area contributed by atoms with E-state index in [1.165, 1.54) is 25.5 Å². The van der Waals surface area contributed by atoms with Crippen molar-refractivity contribution in [2.45, 2.75) is 77.4 Å². The van der Waals surface area contributed by atoms with Crippen LogP contribution in [-0.2, 0) is 14.3 Å². The van der Waals surface area contributed by atoms with Gasteiger partial charge >= 0.3 is 0 Å². The van der Waals surface area contributed by atoms with Gasteiger partial charge in [0.15, 0.2) is 5.79 Å². The van der Waals surface area contributed by atoms with Crippen LogP contribution in [0.1, 0.15) is 71.6 Å². The molecule has 26 heavy (non-hydrogen) atoms. The summed E-state index contributed by atoms with van der Waals surface area (Å²) in [7, 11) is 0. The molecule has 4 aliphatic carbocycles. The number of carbonyl (C=O) groups is 1. The van der Waals surface area contributed by atoms with Crippen molar-refractivity contribution in [3.05, 3.63) is 22.8 Å². The van der Waals surface area contributed by atoms with Crippen LogP contribution in [0, 0.1) is 22.7 Å². The van der Waals surface area contributed by atoms with Gasteiger partial charge in [-0.05, 0) is 73.3 Å². The lowest BCUT2D eigenvalue weighted by Gasteiger charge is -2.51. The van der Waals surface area contributed by atoms with E-state index in [-0.39, 0.29) is 16.6 Å². The van der Waals surface area contributed by atoms with Gasteiger partial charge in [0.1, 0.15) is 6.29 Å². The maximum Gasteiger partial charge on any atom is 0.172 e. The van der Waals surface area contributed by atoms with E-state index in [2.05, 4.69) is 19.9 Å². The van der Waals surface area contributed by atoms with Crippen LogP contribution in [0.25, 0.3) is 0 Å². The fourth-order valence-corrected chi connectivity index (χ4v) is 7.31. The molecule has 1 saturated heterocycles. The van der Waals surface area contributed by atoms with Crippen LogP contribution in [0.5, 0.6) is 0 Å². The maximum atomic E-state index is 12.1. The lowest BCUT2D eigenvalue weighted by molar-refractivity contribution is -0.164. The molecule has 0 bridgehead atoms. The first-order valence-electron chi connectivity index (χ1n) is 10.7. The van der Waals surface area contributed by atoms with Crippen LogP contribution in [0.4, 0.5) is 0 Å². The number of rotatable bonds is 2. The number of hydrogen-bond donors (Lipinski definition) is 0. The van der Waals surface area contributed by atoms with E-state index >= 15 is 0 Å². The number of hydrogen-bond acceptors (Lipinski definition) is 3. The Bertz CT molecular complexity index is 684. The predicted octanol–water partition coefficient (Wildman–Crippen LogP) is 4.96. The molecule has 1 heterocycles. The van der Waals surface area contributed by atoms with Gasteiger partial charge in [-0.15, -0.1) is 0 Å². The second-order valence-electron chi connectivity index (χ2n) is 9.57. The van der Waals surface area contributed by atoms with Gasteiger partial charge in [0, 0.05) is 18.3 Å². The van der Waals surface area contributed by atoms with Crippen LogP contribution >= 0.6 is 0 Å². The third kappa shape index (κ3) is 2.10. The highest BCUT2D eigenvalue weighted by atomic mass is 16.7. The summed E-state index contributed by atoms with van der Waals surface area (Å²) < 4.78 is 12.0. The molecule has 4 atom stereocenters. The summed E-state index contributed by atoms with van der Waals surface area (Å²) in [4.78, 5) is 12.1. The molecular weight excluding hydrogens is 324 g/mol. The number of allylic oxidation sites excluding steroid dienone is 3. The van der Waals surface area contributed by atoms with Crippen LogP contribution in [0.2, 0.25) is 0 Å². The fraction of sp³-hybridized carbons (Fsp3) is 0.783. The third-order valence-corrected chi connectivity index (χ3v) is 8.93. The SMILES string of the molecule is CC[C@@]1(C=O)CC[C@H]2[C@@H]3CCC4=C(CCC5(C4)OCCO5)C3=CC[C@@]21C. The summed E-state index contributed by atoms with van der Waals surface area (Å²) in [6.45, 7) is 6.12. The van der Waals surface area contributed by atoms with E-state index in [1.807, 2.05) is 0 Å². The summed E-state index contributed by atoms with van der Waals surface area (Å²) in [5, 5.41) is 0. The van der Waals surface area contributed by atoms with Crippen molar-refractivity contribution in [3.8, 4) is 0 Å². The topological polar surface area (TPSA) is 35.5 Å². The molecule has 0 amide bonds. The summed E-state index contributed by atoms with van der Waals surface area (Å²) in [6.07, 6.45) is 13.8. The average Bonchev–Trinajstić information content (AvgIpc) is 3.23. The molecule has 5 aliphatic rings. The molecule has 0 aromatic carbocycles. The summed E-state index contributed by atoms with van der Waals surface area (Å²) in [5.74, 6) is 1.04. The van der Waals surface area contributed by atoms with Crippen molar-refractivity contribution in [3.63, 3.8) is 0 Å². The fourth-order valence-electron chi connectivity index (χ4n) is 7.31. The first kappa shape index (κ1) is 17.2. The molecule has 0 radical (unpaired) electrons. The molecule has 0 unspecified atom stereocenters. The Kier molecular flexibility index (Phi) is 3.82. The molecular formula is C23H32O3. The molecule has 0 N–H and O–H groups in total. The Hall–Kier alpha value is -0.930. The van der Waals surface area contributed by atoms with E-state index in [0.29, 0.717) is 11.8 Å². The first-order valence-corrected chi connectivity index (χ1v) is 10.7. The lowest BCUT2D eigenvalue weighted by atomic mass is 9.53. The summed E-state index contributed by atoms with van der Waals surface area (Å²) in [5.41, 5.74) is 4.92. The van der Waals surface area contributed by atoms with E-state index in [9.17, 15) is 4.79 Å². The number of aldehydes is 1. The Balaban J connectivity index is 1.49. The Morgan fingerprint density at radius 2 is 2.00 bits per heavy atom. The van der Waals surface area contributed by atoms with Gasteiger partial charge in [0.25, 0.3) is 0 Å². The Morgan fingerprint density at radius 1 is 1.19 bits per heavy atom. The predicted molar refractivity (Wildman–Crippen MR) is 101 cm³/mol. The zero-order valence-electron chi connectivity index (χ0n) is 16.3. The number of fused-ring (bicyclic) bond motifs is 4. The monoisotopic (exact) mass is 356 g/mol. The maximum absolute atomic E-state index is 12.1. The van der Waals surface area contributed by atoms with Crippen LogP contribution in [-0.4, -0.2) is 25.3 Å². The molecule has 0 aromatic rings. The van der Waals surface area contributed by atoms with Crippen molar-refractivity contribution >= 4 is 6.29 Å². The Morgan fingerprint density at radius 3 is 2.73 bits per heavy atom. The zero-order valence-corrected chi connectivity index (χ0v) is 16.3. The van der Waals surface area contributed by atoms with Gasteiger partial charge in [0.05, 0.1) is 13.2 Å². The van der Waals surface area contributed by atoms with E-state index in [0.717, 1.165) is 51.7 Å². The molecule has 3 heteroatoms. The lowest BCUT2D eigenvalue weighted by Crippen LogP contribution is -2.45. The van der Waals surface area contributed by atoms with Gasteiger partial charge in [-0.1, -0.05) is 25.5 Å². The van der Waals surface area contributed by atoms with Crippen LogP contribution in [0.15, 0.2) is 22.8 Å². The minimum absolute atomic E-state index is 0.101. The number of ether oxygens (including phenoxy) is 2. The van der Waals surface area contributed by atoms with Crippen molar-refractivity contribution in [2.24, 2.45) is 22.7 Å². The van der Waals surface area contributed by atoms with E-state index in [1.54, 1.807) is 16.7 Å². The zero-order chi connectivity index (χ0) is 18.0. The van der Waals surface area contributed by atoms with Gasteiger partial charge in [-0.25, -0.2) is 0 Å². The minimum Gasteiger partial charge on any atom is -0.347 e. The molecule has 1 aliphatic heterocycles. The quantitative estimate of drug-likeness (QED) is 0.656. The van der Waals surface area contributed by atoms with Gasteiger partial charge in [0.2, 0.25) is 0 Å². The highest BCUT2D eigenvalue weighted by molar-refractivity contribution is 5.63. The molecule has 0 aromatic heterocycles. The molecule has 1 saturated carbocycles. The largest absolute Gasteiger partial charge is 0.347 e.